The third-order valence-corrected chi connectivity index (χ3v) is 9.92. The number of hydrogen-bond acceptors (Lipinski definition) is 4. The van der Waals surface area contributed by atoms with Gasteiger partial charge in [0.25, 0.3) is 0 Å². The molecular formula is C24H38N2O2. The summed E-state index contributed by atoms with van der Waals surface area (Å²) in [6.45, 7) is 9.36. The van der Waals surface area contributed by atoms with Gasteiger partial charge in [0, 0.05) is 24.8 Å². The van der Waals surface area contributed by atoms with Crippen molar-refractivity contribution in [3.05, 3.63) is 0 Å². The Morgan fingerprint density at radius 1 is 1.07 bits per heavy atom. The topological polar surface area (TPSA) is 50.7 Å². The van der Waals surface area contributed by atoms with Crippen LogP contribution in [0.1, 0.15) is 78.6 Å². The molecule has 1 heterocycles. The van der Waals surface area contributed by atoms with Crippen LogP contribution in [0.25, 0.3) is 0 Å². The van der Waals surface area contributed by atoms with E-state index in [1.807, 2.05) is 0 Å². The largest absolute Gasteiger partial charge is 0.391 e. The molecule has 0 spiro atoms. The number of Topliss-reactive ketones (excluding diaryl/α,β-unsaturated/α-hetero) is 1. The van der Waals surface area contributed by atoms with Crippen molar-refractivity contribution < 1.29 is 9.63 Å². The van der Waals surface area contributed by atoms with Gasteiger partial charge in [0.1, 0.15) is 11.9 Å². The maximum atomic E-state index is 12.6. The second-order valence-electron chi connectivity index (χ2n) is 11.2. The number of carbonyl (C=O) groups excluding carboxylic acids is 1. The van der Waals surface area contributed by atoms with Crippen molar-refractivity contribution in [3.8, 4) is 0 Å². The maximum Gasteiger partial charge on any atom is 0.141 e. The number of carbonyl (C=O) groups is 1. The molecule has 4 aliphatic carbocycles. The van der Waals surface area contributed by atoms with Crippen molar-refractivity contribution in [2.45, 2.75) is 84.7 Å². The highest BCUT2D eigenvalue weighted by atomic mass is 16.6. The lowest BCUT2D eigenvalue weighted by Gasteiger charge is -2.61. The Morgan fingerprint density at radius 3 is 2.71 bits per heavy atom. The molecule has 28 heavy (non-hydrogen) atoms. The number of oxime groups is 1. The highest BCUT2D eigenvalue weighted by Gasteiger charge is 2.61. The van der Waals surface area contributed by atoms with Crippen LogP contribution in [0.2, 0.25) is 0 Å². The third kappa shape index (κ3) is 2.80. The van der Waals surface area contributed by atoms with Gasteiger partial charge >= 0.3 is 0 Å². The molecule has 156 valence electrons. The van der Waals surface area contributed by atoms with E-state index in [1.54, 1.807) is 0 Å². The zero-order chi connectivity index (χ0) is 19.5. The summed E-state index contributed by atoms with van der Waals surface area (Å²) in [6, 6.07) is 0. The predicted octanol–water partition coefficient (Wildman–Crippen LogP) is 4.58. The van der Waals surface area contributed by atoms with Gasteiger partial charge in [-0.15, -0.1) is 0 Å². The van der Waals surface area contributed by atoms with Crippen LogP contribution in [0.4, 0.5) is 0 Å². The van der Waals surface area contributed by atoms with E-state index < -0.39 is 0 Å². The number of nitrogens with zero attached hydrogens (tertiary/aromatic N) is 1. The highest BCUT2D eigenvalue weighted by Crippen LogP contribution is 2.66. The Morgan fingerprint density at radius 2 is 1.93 bits per heavy atom. The van der Waals surface area contributed by atoms with Gasteiger partial charge < -0.3 is 10.2 Å². The van der Waals surface area contributed by atoms with Gasteiger partial charge in [0.15, 0.2) is 0 Å². The van der Waals surface area contributed by atoms with E-state index in [9.17, 15) is 4.79 Å². The minimum atomic E-state index is -0.00543. The molecule has 1 aliphatic heterocycles. The normalized spacial score (nSPS) is 52.2. The standard InChI is InChI=1S/C24H38N2O2/c1-15-12-18-19-4-5-22(27)24(19,3)10-7-20(18)23(2)9-6-16(13-21(15)23)26-28-17-8-11-25-14-17/h15,17-21,25H,4-14H2,1-3H3/t15-,17?,18-,19-,20-,21?,23+,24-/m0/s1. The zero-order valence-corrected chi connectivity index (χ0v) is 18.0. The number of nitrogens with one attached hydrogen (secondary N) is 1. The predicted molar refractivity (Wildman–Crippen MR) is 111 cm³/mol. The summed E-state index contributed by atoms with van der Waals surface area (Å²) in [4.78, 5) is 18.5. The second-order valence-corrected chi connectivity index (χ2v) is 11.2. The fraction of sp³-hybridized carbons (Fsp3) is 0.917. The van der Waals surface area contributed by atoms with E-state index in [2.05, 4.69) is 31.2 Å². The van der Waals surface area contributed by atoms with Gasteiger partial charge in [-0.1, -0.05) is 25.9 Å². The first-order valence-electron chi connectivity index (χ1n) is 11.9. The summed E-state index contributed by atoms with van der Waals surface area (Å²) in [5.74, 6) is 4.23. The van der Waals surface area contributed by atoms with Crippen molar-refractivity contribution in [2.24, 2.45) is 45.6 Å². The molecule has 0 aromatic rings. The molecule has 0 aromatic heterocycles. The van der Waals surface area contributed by atoms with Crippen molar-refractivity contribution >= 4 is 11.5 Å². The first kappa shape index (κ1) is 19.1. The van der Waals surface area contributed by atoms with Crippen LogP contribution in [0.3, 0.4) is 0 Å². The molecule has 4 saturated carbocycles. The summed E-state index contributed by atoms with van der Waals surface area (Å²) in [6.07, 6.45) is 10.5. The maximum absolute atomic E-state index is 12.6. The molecule has 0 bridgehead atoms. The molecular weight excluding hydrogens is 348 g/mol. The lowest BCUT2D eigenvalue weighted by atomic mass is 9.43. The number of hydrogen-bond donors (Lipinski definition) is 1. The van der Waals surface area contributed by atoms with Crippen LogP contribution in [-0.4, -0.2) is 30.7 Å². The molecule has 5 fully saturated rings. The fourth-order valence-corrected chi connectivity index (χ4v) is 8.25. The van der Waals surface area contributed by atoms with Gasteiger partial charge in [0.2, 0.25) is 0 Å². The smallest absolute Gasteiger partial charge is 0.141 e. The Hall–Kier alpha value is -0.900. The minimum absolute atomic E-state index is 0.00543. The van der Waals surface area contributed by atoms with Crippen LogP contribution < -0.4 is 5.32 Å². The minimum Gasteiger partial charge on any atom is -0.391 e. The summed E-state index contributed by atoms with van der Waals surface area (Å²) in [7, 11) is 0. The number of ketones is 1. The van der Waals surface area contributed by atoms with Gasteiger partial charge in [-0.3, -0.25) is 4.79 Å². The molecule has 4 nitrogen and oxygen atoms in total. The van der Waals surface area contributed by atoms with Gasteiger partial charge in [0.05, 0.1) is 5.71 Å². The lowest BCUT2D eigenvalue weighted by molar-refractivity contribution is -0.141. The molecule has 5 rings (SSSR count). The fourth-order valence-electron chi connectivity index (χ4n) is 8.25. The Bertz CT molecular complexity index is 670. The van der Waals surface area contributed by atoms with Crippen molar-refractivity contribution in [1.82, 2.24) is 5.32 Å². The Balaban J connectivity index is 1.34. The molecule has 8 atom stereocenters. The summed E-state index contributed by atoms with van der Waals surface area (Å²) in [5, 5.41) is 7.99. The Kier molecular flexibility index (Phi) is 4.65. The molecule has 0 amide bonds. The molecule has 1 saturated heterocycles. The monoisotopic (exact) mass is 386 g/mol. The van der Waals surface area contributed by atoms with E-state index >= 15 is 0 Å². The Labute approximate surface area is 170 Å². The van der Waals surface area contributed by atoms with Crippen LogP contribution in [0.5, 0.6) is 0 Å². The average molecular weight is 387 g/mol. The third-order valence-electron chi connectivity index (χ3n) is 9.92. The van der Waals surface area contributed by atoms with Crippen LogP contribution >= 0.6 is 0 Å². The first-order chi connectivity index (χ1) is 13.4. The average Bonchev–Trinajstić information content (AvgIpc) is 3.29. The molecule has 2 unspecified atom stereocenters. The van der Waals surface area contributed by atoms with Crippen molar-refractivity contribution in [2.75, 3.05) is 13.1 Å². The first-order valence-corrected chi connectivity index (χ1v) is 11.9. The molecule has 4 heteroatoms. The summed E-state index contributed by atoms with van der Waals surface area (Å²) >= 11 is 0. The van der Waals surface area contributed by atoms with Gasteiger partial charge in [-0.25, -0.2) is 0 Å². The number of rotatable bonds is 2. The lowest BCUT2D eigenvalue weighted by Crippen LogP contribution is -2.56. The summed E-state index contributed by atoms with van der Waals surface area (Å²) in [5.41, 5.74) is 1.72. The van der Waals surface area contributed by atoms with Gasteiger partial charge in [-0.2, -0.15) is 0 Å². The molecule has 0 aromatic carbocycles. The molecule has 1 N–H and O–H groups in total. The molecule has 5 aliphatic rings. The summed E-state index contributed by atoms with van der Waals surface area (Å²) < 4.78 is 0. The zero-order valence-electron chi connectivity index (χ0n) is 18.0. The van der Waals surface area contributed by atoms with E-state index in [0.717, 1.165) is 75.3 Å². The van der Waals surface area contributed by atoms with Crippen molar-refractivity contribution in [1.29, 1.82) is 0 Å². The van der Waals surface area contributed by atoms with Crippen LogP contribution in [-0.2, 0) is 9.63 Å². The van der Waals surface area contributed by atoms with E-state index in [0.29, 0.717) is 17.1 Å². The van der Waals surface area contributed by atoms with Crippen LogP contribution in [0.15, 0.2) is 5.16 Å². The van der Waals surface area contributed by atoms with Crippen molar-refractivity contribution in [3.63, 3.8) is 0 Å². The number of fused-ring (bicyclic) bond motifs is 5. The molecule has 0 radical (unpaired) electrons. The van der Waals surface area contributed by atoms with E-state index in [4.69, 9.17) is 4.84 Å². The van der Waals surface area contributed by atoms with E-state index in [-0.39, 0.29) is 11.5 Å². The second kappa shape index (κ2) is 6.82. The van der Waals surface area contributed by atoms with Gasteiger partial charge in [-0.05, 0) is 86.5 Å². The highest BCUT2D eigenvalue weighted by molar-refractivity contribution is 5.87. The van der Waals surface area contributed by atoms with E-state index in [1.165, 1.54) is 25.0 Å². The SMILES string of the molecule is C[C@H]1C[C@@H]2[C@H](CC[C@]3(C)C(=O)CC[C@@H]23)[C@@]2(C)CCC(=NOC3CCNC3)CC12. The quantitative estimate of drug-likeness (QED) is 0.707. The van der Waals surface area contributed by atoms with Crippen LogP contribution in [0, 0.1) is 40.4 Å².